The second-order valence-corrected chi connectivity index (χ2v) is 7.73. The molecule has 1 aliphatic heterocycles. The van der Waals surface area contributed by atoms with Gasteiger partial charge in [0.2, 0.25) is 0 Å². The molecule has 3 aromatic rings. The average molecular weight is 436 g/mol. The topological polar surface area (TPSA) is 76.7 Å². The molecule has 7 nitrogen and oxygen atoms in total. The van der Waals surface area contributed by atoms with Crippen molar-refractivity contribution in [2.75, 3.05) is 34.0 Å². The highest BCUT2D eigenvalue weighted by atomic mass is 16.5. The van der Waals surface area contributed by atoms with Crippen molar-refractivity contribution < 1.29 is 19.0 Å². The molecule has 0 radical (unpaired) electrons. The number of H-pyrrole nitrogens is 1. The van der Waals surface area contributed by atoms with Crippen LogP contribution in [-0.2, 0) is 4.74 Å². The summed E-state index contributed by atoms with van der Waals surface area (Å²) in [6.07, 6.45) is 1.65. The maximum atomic E-state index is 13.3. The maximum absolute atomic E-state index is 13.3. The molecule has 0 spiro atoms. The molecular weight excluding hydrogens is 406 g/mol. The summed E-state index contributed by atoms with van der Waals surface area (Å²) in [6, 6.07) is 15.5. The van der Waals surface area contributed by atoms with E-state index < -0.39 is 0 Å². The van der Waals surface area contributed by atoms with E-state index in [2.05, 4.69) is 17.1 Å². The number of rotatable bonds is 10. The fourth-order valence-corrected chi connectivity index (χ4v) is 4.15. The van der Waals surface area contributed by atoms with Crippen LogP contribution < -0.4 is 9.47 Å². The minimum Gasteiger partial charge on any atom is -0.493 e. The summed E-state index contributed by atoms with van der Waals surface area (Å²) >= 11 is 0. The Morgan fingerprint density at radius 2 is 1.88 bits per heavy atom. The molecule has 0 fully saturated rings. The zero-order chi connectivity index (χ0) is 22.5. The Balaban J connectivity index is 1.79. The molecule has 32 heavy (non-hydrogen) atoms. The van der Waals surface area contributed by atoms with E-state index in [1.807, 2.05) is 53.4 Å². The lowest BCUT2D eigenvalue weighted by molar-refractivity contribution is 0.0723. The van der Waals surface area contributed by atoms with Crippen molar-refractivity contribution in [1.29, 1.82) is 0 Å². The molecule has 2 aromatic carbocycles. The van der Waals surface area contributed by atoms with Crippen molar-refractivity contribution in [3.8, 4) is 22.8 Å². The number of aromatic nitrogens is 2. The number of fused-ring (bicyclic) bond motifs is 1. The van der Waals surface area contributed by atoms with E-state index in [4.69, 9.17) is 14.2 Å². The normalized spacial score (nSPS) is 15.2. The van der Waals surface area contributed by atoms with Gasteiger partial charge in [0.1, 0.15) is 5.69 Å². The summed E-state index contributed by atoms with van der Waals surface area (Å²) in [5, 5.41) is 7.51. The van der Waals surface area contributed by atoms with Crippen molar-refractivity contribution in [1.82, 2.24) is 15.1 Å². The SMILES string of the molecule is CCCOc1ccc(C2c3c(-c4ccccc4)n[nH]c3C(=O)N2CCCOC)cc1OC. The van der Waals surface area contributed by atoms with Crippen LogP contribution in [0.25, 0.3) is 11.3 Å². The second-order valence-electron chi connectivity index (χ2n) is 7.73. The first-order valence-corrected chi connectivity index (χ1v) is 10.9. The van der Waals surface area contributed by atoms with E-state index in [-0.39, 0.29) is 11.9 Å². The molecule has 1 unspecified atom stereocenters. The number of carbonyl (C=O) groups is 1. The van der Waals surface area contributed by atoms with Gasteiger partial charge in [-0.15, -0.1) is 0 Å². The molecule has 1 atom stereocenters. The number of benzene rings is 2. The predicted octanol–water partition coefficient (Wildman–Crippen LogP) is 4.46. The van der Waals surface area contributed by atoms with Crippen LogP contribution >= 0.6 is 0 Å². The van der Waals surface area contributed by atoms with E-state index in [9.17, 15) is 4.79 Å². The van der Waals surface area contributed by atoms with E-state index in [0.717, 1.165) is 35.2 Å². The zero-order valence-corrected chi connectivity index (χ0v) is 18.8. The molecule has 1 aromatic heterocycles. The summed E-state index contributed by atoms with van der Waals surface area (Å²) in [6.45, 7) is 3.84. The molecular formula is C25H29N3O4. The van der Waals surface area contributed by atoms with Crippen LogP contribution in [0.5, 0.6) is 11.5 Å². The van der Waals surface area contributed by atoms with Gasteiger partial charge in [-0.05, 0) is 30.5 Å². The summed E-state index contributed by atoms with van der Waals surface area (Å²) < 4.78 is 16.7. The smallest absolute Gasteiger partial charge is 0.273 e. The Morgan fingerprint density at radius 3 is 2.59 bits per heavy atom. The highest BCUT2D eigenvalue weighted by Gasteiger charge is 2.42. The summed E-state index contributed by atoms with van der Waals surface area (Å²) in [5.41, 5.74) is 4.14. The van der Waals surface area contributed by atoms with Crippen LogP contribution in [0.1, 0.15) is 47.4 Å². The lowest BCUT2D eigenvalue weighted by atomic mass is 9.95. The molecule has 2 heterocycles. The monoisotopic (exact) mass is 435 g/mol. The number of methoxy groups -OCH3 is 2. The van der Waals surface area contributed by atoms with Gasteiger partial charge in [0.05, 0.1) is 25.5 Å². The van der Waals surface area contributed by atoms with Crippen molar-refractivity contribution in [3.63, 3.8) is 0 Å². The van der Waals surface area contributed by atoms with Crippen LogP contribution in [0.4, 0.5) is 0 Å². The zero-order valence-electron chi connectivity index (χ0n) is 18.8. The van der Waals surface area contributed by atoms with Gasteiger partial charge in [-0.2, -0.15) is 5.10 Å². The van der Waals surface area contributed by atoms with Gasteiger partial charge in [-0.1, -0.05) is 43.3 Å². The van der Waals surface area contributed by atoms with Gasteiger partial charge >= 0.3 is 0 Å². The number of carbonyl (C=O) groups excluding carboxylic acids is 1. The molecule has 0 aliphatic carbocycles. The Labute approximate surface area is 188 Å². The van der Waals surface area contributed by atoms with E-state index in [1.165, 1.54) is 0 Å². The van der Waals surface area contributed by atoms with Gasteiger partial charge in [0.25, 0.3) is 5.91 Å². The Kier molecular flexibility index (Phi) is 6.75. The van der Waals surface area contributed by atoms with Crippen LogP contribution in [0, 0.1) is 0 Å². The van der Waals surface area contributed by atoms with E-state index in [1.54, 1.807) is 14.2 Å². The number of nitrogens with one attached hydrogen (secondary N) is 1. The molecule has 7 heteroatoms. The standard InChI is InChI=1S/C25H29N3O4/c1-4-14-32-19-12-11-18(16-20(19)31-3)24-21-22(17-9-6-5-7-10-17)26-27-23(21)25(29)28(24)13-8-15-30-2/h5-7,9-12,16,24H,4,8,13-15H2,1-3H3,(H,26,27). The third-order valence-electron chi connectivity index (χ3n) is 5.62. The number of nitrogens with zero attached hydrogens (tertiary/aromatic N) is 2. The molecule has 0 saturated carbocycles. The Bertz CT molecular complexity index is 1060. The van der Waals surface area contributed by atoms with Gasteiger partial charge in [0.15, 0.2) is 11.5 Å². The number of hydrogen-bond donors (Lipinski definition) is 1. The molecule has 1 N–H and O–H groups in total. The van der Waals surface area contributed by atoms with Crippen molar-refractivity contribution in [2.24, 2.45) is 0 Å². The van der Waals surface area contributed by atoms with Gasteiger partial charge in [-0.25, -0.2) is 0 Å². The van der Waals surface area contributed by atoms with Gasteiger partial charge in [-0.3, -0.25) is 9.89 Å². The molecule has 4 rings (SSSR count). The highest BCUT2D eigenvalue weighted by molar-refractivity contribution is 6.00. The number of hydrogen-bond acceptors (Lipinski definition) is 5. The molecule has 1 aliphatic rings. The molecule has 0 saturated heterocycles. The third-order valence-corrected chi connectivity index (χ3v) is 5.62. The van der Waals surface area contributed by atoms with Crippen molar-refractivity contribution >= 4 is 5.91 Å². The minimum atomic E-state index is -0.280. The van der Waals surface area contributed by atoms with Crippen LogP contribution in [0.3, 0.4) is 0 Å². The number of aromatic amines is 1. The summed E-state index contributed by atoms with van der Waals surface area (Å²) in [5.74, 6) is 1.29. The first-order chi connectivity index (χ1) is 15.7. The number of ether oxygens (including phenoxy) is 3. The average Bonchev–Trinajstić information content (AvgIpc) is 3.37. The fraction of sp³-hybridized carbons (Fsp3) is 0.360. The predicted molar refractivity (Wildman–Crippen MR) is 122 cm³/mol. The number of amides is 1. The lowest BCUT2D eigenvalue weighted by Gasteiger charge is -2.27. The largest absolute Gasteiger partial charge is 0.493 e. The quantitative estimate of drug-likeness (QED) is 0.476. The molecule has 168 valence electrons. The van der Waals surface area contributed by atoms with E-state index >= 15 is 0 Å². The van der Waals surface area contributed by atoms with Gasteiger partial charge < -0.3 is 19.1 Å². The molecule has 1 amide bonds. The first kappa shape index (κ1) is 21.9. The van der Waals surface area contributed by atoms with Gasteiger partial charge in [0, 0.05) is 31.4 Å². The fourth-order valence-electron chi connectivity index (χ4n) is 4.15. The Morgan fingerprint density at radius 1 is 1.06 bits per heavy atom. The van der Waals surface area contributed by atoms with Crippen LogP contribution in [-0.4, -0.2) is 55.0 Å². The van der Waals surface area contributed by atoms with Crippen molar-refractivity contribution in [3.05, 3.63) is 65.4 Å². The third kappa shape index (κ3) is 4.08. The van der Waals surface area contributed by atoms with Crippen molar-refractivity contribution in [2.45, 2.75) is 25.8 Å². The maximum Gasteiger partial charge on any atom is 0.273 e. The summed E-state index contributed by atoms with van der Waals surface area (Å²) in [4.78, 5) is 15.2. The summed E-state index contributed by atoms with van der Waals surface area (Å²) in [7, 11) is 3.30. The highest BCUT2D eigenvalue weighted by Crippen LogP contribution is 2.44. The van der Waals surface area contributed by atoms with Crippen LogP contribution in [0.2, 0.25) is 0 Å². The first-order valence-electron chi connectivity index (χ1n) is 10.9. The second kappa shape index (κ2) is 9.87. The van der Waals surface area contributed by atoms with E-state index in [0.29, 0.717) is 37.0 Å². The Hall–Kier alpha value is -3.32. The minimum absolute atomic E-state index is 0.0546. The lowest BCUT2D eigenvalue weighted by Crippen LogP contribution is -2.31. The van der Waals surface area contributed by atoms with Crippen LogP contribution in [0.15, 0.2) is 48.5 Å². The molecule has 0 bridgehead atoms.